The highest BCUT2D eigenvalue weighted by Gasteiger charge is 2.16. The van der Waals surface area contributed by atoms with Crippen LogP contribution in [0.25, 0.3) is 0 Å². The van der Waals surface area contributed by atoms with Gasteiger partial charge in [0.1, 0.15) is 0 Å². The predicted octanol–water partition coefficient (Wildman–Crippen LogP) is 3.72. The minimum atomic E-state index is -0.856. The van der Waals surface area contributed by atoms with Gasteiger partial charge in [-0.3, -0.25) is 9.59 Å². The van der Waals surface area contributed by atoms with Crippen LogP contribution in [0.4, 0.5) is 0 Å². The summed E-state index contributed by atoms with van der Waals surface area (Å²) in [6.07, 6.45) is 1.05. The number of nitrogens with one attached hydrogen (secondary N) is 1. The van der Waals surface area contributed by atoms with Crippen molar-refractivity contribution in [1.82, 2.24) is 5.32 Å². The minimum Gasteiger partial charge on any atom is -0.481 e. The SMILES string of the molecule is O=C(O)CCC(Cc1ccccc1)NC(=O)c1csc(Br)c1. The van der Waals surface area contributed by atoms with E-state index < -0.39 is 5.97 Å². The second-order valence-electron chi connectivity index (χ2n) is 4.93. The van der Waals surface area contributed by atoms with E-state index in [0.29, 0.717) is 18.4 Å². The Morgan fingerprint density at radius 2 is 2.00 bits per heavy atom. The molecule has 0 spiro atoms. The predicted molar refractivity (Wildman–Crippen MR) is 90.3 cm³/mol. The monoisotopic (exact) mass is 381 g/mol. The molecule has 116 valence electrons. The smallest absolute Gasteiger partial charge is 0.303 e. The molecule has 1 unspecified atom stereocenters. The van der Waals surface area contributed by atoms with Gasteiger partial charge in [0.25, 0.3) is 5.91 Å². The number of carboxylic acid groups (broad SMARTS) is 1. The third kappa shape index (κ3) is 5.27. The molecule has 0 aliphatic heterocycles. The summed E-state index contributed by atoms with van der Waals surface area (Å²) in [5, 5.41) is 13.6. The number of aliphatic carboxylic acids is 1. The molecule has 1 aromatic carbocycles. The Bertz CT molecular complexity index is 642. The fourth-order valence-corrected chi connectivity index (χ4v) is 3.26. The molecule has 22 heavy (non-hydrogen) atoms. The van der Waals surface area contributed by atoms with E-state index in [0.717, 1.165) is 9.35 Å². The van der Waals surface area contributed by atoms with Gasteiger partial charge in [-0.05, 0) is 40.4 Å². The lowest BCUT2D eigenvalue weighted by Crippen LogP contribution is -2.36. The van der Waals surface area contributed by atoms with Gasteiger partial charge in [0.05, 0.1) is 9.35 Å². The van der Waals surface area contributed by atoms with Crippen molar-refractivity contribution in [2.45, 2.75) is 25.3 Å². The summed E-state index contributed by atoms with van der Waals surface area (Å²) in [5.41, 5.74) is 1.66. The zero-order chi connectivity index (χ0) is 15.9. The average molecular weight is 382 g/mol. The molecule has 2 aromatic rings. The number of halogens is 1. The molecule has 0 aliphatic rings. The number of carbonyl (C=O) groups excluding carboxylic acids is 1. The largest absolute Gasteiger partial charge is 0.481 e. The first kappa shape index (κ1) is 16.7. The number of rotatable bonds is 7. The molecule has 0 saturated carbocycles. The highest BCUT2D eigenvalue weighted by Crippen LogP contribution is 2.21. The van der Waals surface area contributed by atoms with E-state index in [4.69, 9.17) is 5.11 Å². The highest BCUT2D eigenvalue weighted by molar-refractivity contribution is 9.11. The third-order valence-corrected chi connectivity index (χ3v) is 4.70. The van der Waals surface area contributed by atoms with Crippen molar-refractivity contribution in [3.63, 3.8) is 0 Å². The summed E-state index contributed by atoms with van der Waals surface area (Å²) in [6.45, 7) is 0. The van der Waals surface area contributed by atoms with Crippen molar-refractivity contribution in [1.29, 1.82) is 0 Å². The molecule has 1 heterocycles. The topological polar surface area (TPSA) is 66.4 Å². The molecule has 0 bridgehead atoms. The quantitative estimate of drug-likeness (QED) is 0.767. The van der Waals surface area contributed by atoms with Crippen LogP contribution in [0.3, 0.4) is 0 Å². The molecule has 2 N–H and O–H groups in total. The maximum Gasteiger partial charge on any atom is 0.303 e. The zero-order valence-corrected chi connectivity index (χ0v) is 14.2. The van der Waals surface area contributed by atoms with Crippen LogP contribution < -0.4 is 5.32 Å². The van der Waals surface area contributed by atoms with Gasteiger partial charge in [-0.25, -0.2) is 0 Å². The molecule has 0 aliphatic carbocycles. The van der Waals surface area contributed by atoms with Crippen molar-refractivity contribution in [2.24, 2.45) is 0 Å². The van der Waals surface area contributed by atoms with Crippen LogP contribution in [-0.2, 0) is 11.2 Å². The van der Waals surface area contributed by atoms with Crippen molar-refractivity contribution in [3.8, 4) is 0 Å². The van der Waals surface area contributed by atoms with Crippen LogP contribution in [0.1, 0.15) is 28.8 Å². The first-order valence-electron chi connectivity index (χ1n) is 6.85. The first-order chi connectivity index (χ1) is 10.5. The van der Waals surface area contributed by atoms with E-state index in [9.17, 15) is 9.59 Å². The molecule has 1 amide bonds. The maximum absolute atomic E-state index is 12.2. The Hall–Kier alpha value is -1.66. The Kier molecular flexibility index (Phi) is 6.15. The van der Waals surface area contributed by atoms with Gasteiger partial charge in [-0.15, -0.1) is 11.3 Å². The van der Waals surface area contributed by atoms with E-state index in [-0.39, 0.29) is 18.4 Å². The second kappa shape index (κ2) is 8.10. The lowest BCUT2D eigenvalue weighted by molar-refractivity contribution is -0.137. The Morgan fingerprint density at radius 1 is 1.27 bits per heavy atom. The number of benzene rings is 1. The molecule has 0 radical (unpaired) electrons. The fourth-order valence-electron chi connectivity index (χ4n) is 2.12. The van der Waals surface area contributed by atoms with E-state index in [1.807, 2.05) is 30.3 Å². The average Bonchev–Trinajstić information content (AvgIpc) is 2.92. The van der Waals surface area contributed by atoms with Crippen LogP contribution in [0, 0.1) is 0 Å². The molecule has 2 rings (SSSR count). The Balaban J connectivity index is 2.03. The Morgan fingerprint density at radius 3 is 2.59 bits per heavy atom. The van der Waals surface area contributed by atoms with Crippen LogP contribution in [0.5, 0.6) is 0 Å². The van der Waals surface area contributed by atoms with Gasteiger partial charge in [-0.1, -0.05) is 30.3 Å². The second-order valence-corrected chi connectivity index (χ2v) is 7.22. The maximum atomic E-state index is 12.2. The summed E-state index contributed by atoms with van der Waals surface area (Å²) in [4.78, 5) is 23.0. The molecule has 6 heteroatoms. The molecular weight excluding hydrogens is 366 g/mol. The first-order valence-corrected chi connectivity index (χ1v) is 8.52. The van der Waals surface area contributed by atoms with Crippen molar-refractivity contribution < 1.29 is 14.7 Å². The number of carbonyl (C=O) groups is 2. The van der Waals surface area contributed by atoms with Crippen LogP contribution in [0.2, 0.25) is 0 Å². The lowest BCUT2D eigenvalue weighted by atomic mass is 10.0. The number of hydrogen-bond acceptors (Lipinski definition) is 3. The molecule has 0 saturated heterocycles. The van der Waals surface area contributed by atoms with Gasteiger partial charge in [-0.2, -0.15) is 0 Å². The van der Waals surface area contributed by atoms with Gasteiger partial charge < -0.3 is 10.4 Å². The molecule has 4 nitrogen and oxygen atoms in total. The van der Waals surface area contributed by atoms with Gasteiger partial charge in [0.2, 0.25) is 0 Å². The normalized spacial score (nSPS) is 11.9. The molecule has 0 fully saturated rings. The van der Waals surface area contributed by atoms with Crippen molar-refractivity contribution in [2.75, 3.05) is 0 Å². The number of amides is 1. The van der Waals surface area contributed by atoms with Crippen LogP contribution in [0.15, 0.2) is 45.6 Å². The van der Waals surface area contributed by atoms with E-state index in [1.54, 1.807) is 11.4 Å². The Labute approximate surface area is 141 Å². The van der Waals surface area contributed by atoms with E-state index in [1.165, 1.54) is 11.3 Å². The van der Waals surface area contributed by atoms with E-state index >= 15 is 0 Å². The zero-order valence-electron chi connectivity index (χ0n) is 11.8. The number of carboxylic acids is 1. The minimum absolute atomic E-state index is 0.0328. The van der Waals surface area contributed by atoms with Crippen LogP contribution in [-0.4, -0.2) is 23.0 Å². The fraction of sp³-hybridized carbons (Fsp3) is 0.250. The standard InChI is InChI=1S/C16H16BrNO3S/c17-14-9-12(10-22-14)16(21)18-13(6-7-15(19)20)8-11-4-2-1-3-5-11/h1-5,9-10,13H,6-8H2,(H,18,21)(H,19,20). The lowest BCUT2D eigenvalue weighted by Gasteiger charge is -2.18. The summed E-state index contributed by atoms with van der Waals surface area (Å²) in [5.74, 6) is -1.03. The summed E-state index contributed by atoms with van der Waals surface area (Å²) in [6, 6.07) is 11.3. The van der Waals surface area contributed by atoms with Crippen LogP contribution >= 0.6 is 27.3 Å². The van der Waals surface area contributed by atoms with Gasteiger partial charge in [0.15, 0.2) is 0 Å². The van der Waals surface area contributed by atoms with Gasteiger partial charge in [0, 0.05) is 17.8 Å². The number of thiophene rings is 1. The third-order valence-electron chi connectivity index (χ3n) is 3.20. The summed E-state index contributed by atoms with van der Waals surface area (Å²) < 4.78 is 0.891. The molecule has 1 atom stereocenters. The van der Waals surface area contributed by atoms with E-state index in [2.05, 4.69) is 21.2 Å². The van der Waals surface area contributed by atoms with Crippen molar-refractivity contribution >= 4 is 39.1 Å². The molecule has 1 aromatic heterocycles. The summed E-state index contributed by atoms with van der Waals surface area (Å²) in [7, 11) is 0. The van der Waals surface area contributed by atoms with Gasteiger partial charge >= 0.3 is 5.97 Å². The number of hydrogen-bond donors (Lipinski definition) is 2. The highest BCUT2D eigenvalue weighted by atomic mass is 79.9. The summed E-state index contributed by atoms with van der Waals surface area (Å²) >= 11 is 4.77. The molecular formula is C16H16BrNO3S. The van der Waals surface area contributed by atoms with Crippen molar-refractivity contribution in [3.05, 3.63) is 56.7 Å².